The molecule has 2 fully saturated rings. The van der Waals surface area contributed by atoms with E-state index in [1.165, 1.54) is 11.0 Å². The number of hydrogen-bond donors (Lipinski definition) is 1. The molecule has 3 aromatic rings. The highest BCUT2D eigenvalue weighted by molar-refractivity contribution is 7.93. The highest BCUT2D eigenvalue weighted by Gasteiger charge is 2.26. The highest BCUT2D eigenvalue weighted by Crippen LogP contribution is 2.31. The molecule has 0 aromatic heterocycles. The third-order valence-electron chi connectivity index (χ3n) is 7.31. The molecule has 0 spiro atoms. The summed E-state index contributed by atoms with van der Waals surface area (Å²) in [7, 11) is -3.66. The van der Waals surface area contributed by atoms with Crippen LogP contribution in [0.25, 0.3) is 11.1 Å². The first kappa shape index (κ1) is 27.9. The Kier molecular flexibility index (Phi) is 8.49. The molecule has 39 heavy (non-hydrogen) atoms. The summed E-state index contributed by atoms with van der Waals surface area (Å²) >= 11 is 6.14. The zero-order valence-corrected chi connectivity index (χ0v) is 23.1. The molecule has 2 saturated heterocycles. The summed E-state index contributed by atoms with van der Waals surface area (Å²) in [6, 6.07) is 17.2. The van der Waals surface area contributed by atoms with Gasteiger partial charge < -0.3 is 5.11 Å². The average Bonchev–Trinajstić information content (AvgIpc) is 3.30. The van der Waals surface area contributed by atoms with E-state index in [1.807, 2.05) is 24.3 Å². The summed E-state index contributed by atoms with van der Waals surface area (Å²) in [6.07, 6.45) is 2.10. The maximum atomic E-state index is 13.5. The average molecular weight is 573 g/mol. The standard InChI is InChI=1S/C30H31ClF2N2O3S/c31-26-7-5-24(6-8-26)30-12-21(16-35-9-1-2-29(35)18-36)3-4-25(30)17-34-14-23(15-34)20-39(37,38)19-22-10-27(32)13-28(33)11-22/h3-8,10-13,20,29,36H,1-2,9,14-19H2/t29-/m0/s1. The minimum atomic E-state index is -3.66. The number of sulfone groups is 1. The van der Waals surface area contributed by atoms with Crippen LogP contribution < -0.4 is 0 Å². The lowest BCUT2D eigenvalue weighted by atomic mass is 9.95. The van der Waals surface area contributed by atoms with Gasteiger partial charge >= 0.3 is 0 Å². The first-order valence-electron chi connectivity index (χ1n) is 13.0. The van der Waals surface area contributed by atoms with Gasteiger partial charge in [0.1, 0.15) is 11.6 Å². The van der Waals surface area contributed by atoms with E-state index in [4.69, 9.17) is 11.6 Å². The van der Waals surface area contributed by atoms with E-state index in [0.717, 1.165) is 66.4 Å². The minimum Gasteiger partial charge on any atom is -0.395 e. The first-order chi connectivity index (χ1) is 18.7. The summed E-state index contributed by atoms with van der Waals surface area (Å²) in [5.74, 6) is -2.03. The van der Waals surface area contributed by atoms with Crippen LogP contribution >= 0.6 is 11.6 Å². The molecular formula is C30H31ClF2N2O3S. The molecule has 2 heterocycles. The van der Waals surface area contributed by atoms with Gasteiger partial charge in [-0.2, -0.15) is 0 Å². The van der Waals surface area contributed by atoms with E-state index in [0.29, 0.717) is 24.7 Å². The molecule has 0 saturated carbocycles. The van der Waals surface area contributed by atoms with Crippen LogP contribution in [-0.4, -0.2) is 55.6 Å². The van der Waals surface area contributed by atoms with Gasteiger partial charge in [0.15, 0.2) is 9.84 Å². The molecule has 3 aromatic carbocycles. The number of rotatable bonds is 9. The van der Waals surface area contributed by atoms with Crippen LogP contribution in [0.3, 0.4) is 0 Å². The number of halogens is 3. The quantitative estimate of drug-likeness (QED) is 0.364. The molecule has 1 N–H and O–H groups in total. The second-order valence-corrected chi connectivity index (χ2v) is 12.7. The molecule has 0 bridgehead atoms. The maximum absolute atomic E-state index is 13.5. The molecule has 9 heteroatoms. The molecular weight excluding hydrogens is 542 g/mol. The molecule has 2 aliphatic rings. The zero-order valence-electron chi connectivity index (χ0n) is 21.5. The summed E-state index contributed by atoms with van der Waals surface area (Å²) < 4.78 is 52.1. The molecule has 0 amide bonds. The number of aliphatic hydroxyl groups excluding tert-OH is 1. The van der Waals surface area contributed by atoms with Crippen LogP contribution in [0, 0.1) is 11.6 Å². The predicted octanol–water partition coefficient (Wildman–Crippen LogP) is 5.56. The highest BCUT2D eigenvalue weighted by atomic mass is 35.5. The summed E-state index contributed by atoms with van der Waals surface area (Å²) in [4.78, 5) is 4.48. The van der Waals surface area contributed by atoms with Crippen LogP contribution in [0.2, 0.25) is 5.02 Å². The van der Waals surface area contributed by atoms with Crippen molar-refractivity contribution in [2.24, 2.45) is 0 Å². The normalized spacial score (nSPS) is 18.4. The van der Waals surface area contributed by atoms with Gasteiger partial charge in [0, 0.05) is 48.7 Å². The third-order valence-corrected chi connectivity index (χ3v) is 8.99. The van der Waals surface area contributed by atoms with E-state index in [9.17, 15) is 22.3 Å². The summed E-state index contributed by atoms with van der Waals surface area (Å²) in [5.41, 5.74) is 5.30. The molecule has 0 unspecified atom stereocenters. The Morgan fingerprint density at radius 3 is 2.36 bits per heavy atom. The Balaban J connectivity index is 1.29. The van der Waals surface area contributed by atoms with Crippen molar-refractivity contribution in [1.29, 1.82) is 0 Å². The lowest BCUT2D eigenvalue weighted by Crippen LogP contribution is -2.39. The van der Waals surface area contributed by atoms with E-state index >= 15 is 0 Å². The van der Waals surface area contributed by atoms with Crippen LogP contribution in [0.4, 0.5) is 8.78 Å². The molecule has 0 radical (unpaired) electrons. The van der Waals surface area contributed by atoms with Gasteiger partial charge in [-0.05, 0) is 83.1 Å². The molecule has 206 valence electrons. The second kappa shape index (κ2) is 11.9. The SMILES string of the molecule is O=S(=O)(C=C1CN(Cc2ccc(CN3CCC[C@H]3CO)cc2-c2ccc(Cl)cc2)C1)Cc1cc(F)cc(F)c1. The molecule has 0 aliphatic carbocycles. The Morgan fingerprint density at radius 1 is 0.949 bits per heavy atom. The third kappa shape index (κ3) is 7.13. The van der Waals surface area contributed by atoms with Gasteiger partial charge in [-0.25, -0.2) is 17.2 Å². The van der Waals surface area contributed by atoms with E-state index < -0.39 is 27.2 Å². The summed E-state index contributed by atoms with van der Waals surface area (Å²) in [5, 5.41) is 11.6. The number of nitrogens with zero attached hydrogens (tertiary/aromatic N) is 2. The molecule has 1 atom stereocenters. The van der Waals surface area contributed by atoms with E-state index in [2.05, 4.69) is 28.0 Å². The number of likely N-dealkylation sites (tertiary alicyclic amines) is 2. The van der Waals surface area contributed by atoms with E-state index in [1.54, 1.807) is 0 Å². The monoisotopic (exact) mass is 572 g/mol. The Bertz CT molecular complexity index is 1450. The number of benzene rings is 3. The lowest BCUT2D eigenvalue weighted by Gasteiger charge is -2.34. The van der Waals surface area contributed by atoms with Crippen LogP contribution in [-0.2, 0) is 28.7 Å². The van der Waals surface area contributed by atoms with Crippen LogP contribution in [0.15, 0.2) is 71.6 Å². The van der Waals surface area contributed by atoms with Crippen molar-refractivity contribution in [2.45, 2.75) is 37.7 Å². The molecule has 5 rings (SSSR count). The number of aliphatic hydroxyl groups is 1. The first-order valence-corrected chi connectivity index (χ1v) is 15.1. The largest absolute Gasteiger partial charge is 0.395 e. The molecule has 2 aliphatic heterocycles. The van der Waals surface area contributed by atoms with Gasteiger partial charge in [0.05, 0.1) is 12.4 Å². The van der Waals surface area contributed by atoms with Gasteiger partial charge in [-0.3, -0.25) is 9.80 Å². The topological polar surface area (TPSA) is 60.9 Å². The minimum absolute atomic E-state index is 0.0902. The fraction of sp³-hybridized carbons (Fsp3) is 0.333. The van der Waals surface area contributed by atoms with Gasteiger partial charge in [-0.1, -0.05) is 35.9 Å². The van der Waals surface area contributed by atoms with Crippen molar-refractivity contribution >= 4 is 21.4 Å². The Hall–Kier alpha value is -2.62. The Morgan fingerprint density at radius 2 is 1.67 bits per heavy atom. The number of hydrogen-bond acceptors (Lipinski definition) is 5. The van der Waals surface area contributed by atoms with Crippen molar-refractivity contribution in [2.75, 3.05) is 26.2 Å². The van der Waals surface area contributed by atoms with Gasteiger partial charge in [-0.15, -0.1) is 0 Å². The van der Waals surface area contributed by atoms with Gasteiger partial charge in [0.25, 0.3) is 0 Å². The van der Waals surface area contributed by atoms with Crippen molar-refractivity contribution in [3.8, 4) is 11.1 Å². The molecule has 5 nitrogen and oxygen atoms in total. The van der Waals surface area contributed by atoms with Crippen molar-refractivity contribution in [3.05, 3.63) is 105 Å². The smallest absolute Gasteiger partial charge is 0.175 e. The van der Waals surface area contributed by atoms with Crippen molar-refractivity contribution in [3.63, 3.8) is 0 Å². The lowest BCUT2D eigenvalue weighted by molar-refractivity contribution is 0.153. The second-order valence-electron chi connectivity index (χ2n) is 10.5. The fourth-order valence-electron chi connectivity index (χ4n) is 5.48. The van der Waals surface area contributed by atoms with Crippen molar-refractivity contribution < 1.29 is 22.3 Å². The maximum Gasteiger partial charge on any atom is 0.175 e. The van der Waals surface area contributed by atoms with Gasteiger partial charge in [0.2, 0.25) is 0 Å². The van der Waals surface area contributed by atoms with Crippen LogP contribution in [0.5, 0.6) is 0 Å². The summed E-state index contributed by atoms with van der Waals surface area (Å²) in [6.45, 7) is 3.57. The predicted molar refractivity (Wildman–Crippen MR) is 150 cm³/mol. The fourth-order valence-corrected chi connectivity index (χ4v) is 6.98. The van der Waals surface area contributed by atoms with Crippen molar-refractivity contribution in [1.82, 2.24) is 9.80 Å². The van der Waals surface area contributed by atoms with E-state index in [-0.39, 0.29) is 18.2 Å². The zero-order chi connectivity index (χ0) is 27.6. The van der Waals surface area contributed by atoms with Crippen LogP contribution in [0.1, 0.15) is 29.5 Å². The Labute approximate surface area is 233 Å².